The number of nitrogens with two attached hydrogens (primary N) is 1. The highest BCUT2D eigenvalue weighted by molar-refractivity contribution is 9.10. The first kappa shape index (κ1) is 12.0. The monoisotopic (exact) mass is 287 g/mol. The topological polar surface area (TPSA) is 68.8 Å². The lowest BCUT2D eigenvalue weighted by atomic mass is 9.95. The van der Waals surface area contributed by atoms with Gasteiger partial charge in [-0.25, -0.2) is 4.68 Å². The number of hydrogen-bond donors (Lipinski definition) is 2. The van der Waals surface area contributed by atoms with Crippen molar-refractivity contribution in [2.45, 2.75) is 32.2 Å². The highest BCUT2D eigenvalue weighted by Gasteiger charge is 2.32. The third kappa shape index (κ3) is 2.14. The molecule has 1 aliphatic rings. The van der Waals surface area contributed by atoms with E-state index in [2.05, 4.69) is 38.6 Å². The van der Waals surface area contributed by atoms with E-state index in [0.29, 0.717) is 5.92 Å². The predicted molar refractivity (Wildman–Crippen MR) is 65.3 cm³/mol. The molecule has 1 fully saturated rings. The maximum atomic E-state index is 5.69. The normalized spacial score (nSPS) is 27.2. The Morgan fingerprint density at radius 2 is 2.31 bits per heavy atom. The summed E-state index contributed by atoms with van der Waals surface area (Å²) in [5.74, 6) is 7.06. The molecule has 1 heterocycles. The molecule has 0 amide bonds. The van der Waals surface area contributed by atoms with Crippen molar-refractivity contribution in [3.63, 3.8) is 0 Å². The van der Waals surface area contributed by atoms with Crippen molar-refractivity contribution in [2.24, 2.45) is 24.7 Å². The van der Waals surface area contributed by atoms with Crippen molar-refractivity contribution in [3.05, 3.63) is 10.3 Å². The average Bonchev–Trinajstić information content (AvgIpc) is 2.80. The van der Waals surface area contributed by atoms with Crippen molar-refractivity contribution >= 4 is 15.9 Å². The van der Waals surface area contributed by atoms with Gasteiger partial charge in [0.1, 0.15) is 0 Å². The van der Waals surface area contributed by atoms with Crippen LogP contribution in [0.1, 0.15) is 37.9 Å². The molecule has 3 N–H and O–H groups in total. The quantitative estimate of drug-likeness (QED) is 0.653. The van der Waals surface area contributed by atoms with Crippen LogP contribution in [0, 0.1) is 11.8 Å². The zero-order chi connectivity index (χ0) is 11.7. The number of halogens is 1. The predicted octanol–water partition coefficient (Wildman–Crippen LogP) is 1.52. The fourth-order valence-corrected chi connectivity index (χ4v) is 3.24. The molecule has 0 aliphatic heterocycles. The molecule has 0 radical (unpaired) electrons. The van der Waals surface area contributed by atoms with Gasteiger partial charge in [-0.15, -0.1) is 5.10 Å². The fraction of sp³-hybridized carbons (Fsp3) is 0.800. The molecule has 0 aromatic carbocycles. The lowest BCUT2D eigenvalue weighted by molar-refractivity contribution is 0.346. The summed E-state index contributed by atoms with van der Waals surface area (Å²) in [6.07, 6.45) is 3.71. The first-order chi connectivity index (χ1) is 7.63. The van der Waals surface area contributed by atoms with Gasteiger partial charge >= 0.3 is 0 Å². The molecule has 1 aromatic heterocycles. The minimum absolute atomic E-state index is 0.138. The van der Waals surface area contributed by atoms with E-state index >= 15 is 0 Å². The summed E-state index contributed by atoms with van der Waals surface area (Å²) in [6.45, 7) is 2.30. The Morgan fingerprint density at radius 1 is 1.56 bits per heavy atom. The van der Waals surface area contributed by atoms with E-state index in [9.17, 15) is 0 Å². The summed E-state index contributed by atoms with van der Waals surface area (Å²) in [4.78, 5) is 0. The van der Waals surface area contributed by atoms with Crippen molar-refractivity contribution in [3.8, 4) is 0 Å². The van der Waals surface area contributed by atoms with E-state index in [1.54, 1.807) is 4.68 Å². The van der Waals surface area contributed by atoms with Crippen LogP contribution < -0.4 is 11.3 Å². The van der Waals surface area contributed by atoms with Gasteiger partial charge in [0.2, 0.25) is 0 Å². The summed E-state index contributed by atoms with van der Waals surface area (Å²) in [6, 6.07) is 0.138. The van der Waals surface area contributed by atoms with Crippen LogP contribution in [0.4, 0.5) is 0 Å². The second kappa shape index (κ2) is 4.81. The molecule has 1 aliphatic carbocycles. The van der Waals surface area contributed by atoms with Gasteiger partial charge in [0.25, 0.3) is 0 Å². The Balaban J connectivity index is 2.22. The maximum absolute atomic E-state index is 5.69. The summed E-state index contributed by atoms with van der Waals surface area (Å²) < 4.78 is 2.58. The first-order valence-electron chi connectivity index (χ1n) is 5.64. The molecule has 1 aromatic rings. The van der Waals surface area contributed by atoms with E-state index in [-0.39, 0.29) is 6.04 Å². The van der Waals surface area contributed by atoms with E-state index in [4.69, 9.17) is 5.84 Å². The average molecular weight is 288 g/mol. The van der Waals surface area contributed by atoms with Gasteiger partial charge in [-0.1, -0.05) is 18.6 Å². The van der Waals surface area contributed by atoms with Crippen molar-refractivity contribution in [2.75, 3.05) is 0 Å². The Bertz CT molecular complexity index is 345. The molecular formula is C10H18BrN5. The Morgan fingerprint density at radius 3 is 2.75 bits per heavy atom. The first-order valence-corrected chi connectivity index (χ1v) is 6.44. The number of nitrogens with zero attached hydrogens (tertiary/aromatic N) is 3. The molecule has 90 valence electrons. The van der Waals surface area contributed by atoms with Gasteiger partial charge in [-0.2, -0.15) is 0 Å². The third-order valence-electron chi connectivity index (χ3n) is 3.51. The SMILES string of the molecule is CC1CCC(C(NN)c2c(Br)nnn2C)C1. The van der Waals surface area contributed by atoms with Crippen LogP contribution in [0.25, 0.3) is 0 Å². The molecule has 3 unspecified atom stereocenters. The minimum Gasteiger partial charge on any atom is -0.271 e. The Labute approximate surface area is 104 Å². The molecule has 2 rings (SSSR count). The molecule has 5 nitrogen and oxygen atoms in total. The molecule has 1 saturated carbocycles. The van der Waals surface area contributed by atoms with E-state index in [0.717, 1.165) is 16.2 Å². The number of rotatable bonds is 3. The molecule has 0 bridgehead atoms. The summed E-state index contributed by atoms with van der Waals surface area (Å²) >= 11 is 3.43. The smallest absolute Gasteiger partial charge is 0.153 e. The number of aryl methyl sites for hydroxylation is 1. The van der Waals surface area contributed by atoms with Crippen LogP contribution in [-0.4, -0.2) is 15.0 Å². The summed E-state index contributed by atoms with van der Waals surface area (Å²) in [5, 5.41) is 8.01. The zero-order valence-corrected chi connectivity index (χ0v) is 11.2. The standard InChI is InChI=1S/C10H18BrN5/c1-6-3-4-7(5-6)8(13-12)9-10(11)14-15-16(9)2/h6-8,13H,3-5,12H2,1-2H3. The zero-order valence-electron chi connectivity index (χ0n) is 9.65. The number of hydrogen-bond acceptors (Lipinski definition) is 4. The second-order valence-corrected chi connectivity index (χ2v) is 5.46. The Kier molecular flexibility index (Phi) is 3.61. The van der Waals surface area contributed by atoms with E-state index in [1.165, 1.54) is 19.3 Å². The number of nitrogens with one attached hydrogen (secondary N) is 1. The molecular weight excluding hydrogens is 270 g/mol. The van der Waals surface area contributed by atoms with Crippen molar-refractivity contribution in [1.29, 1.82) is 0 Å². The van der Waals surface area contributed by atoms with Crippen LogP contribution in [0.3, 0.4) is 0 Å². The lowest BCUT2D eigenvalue weighted by Gasteiger charge is -2.22. The van der Waals surface area contributed by atoms with Crippen LogP contribution in [0.15, 0.2) is 4.60 Å². The van der Waals surface area contributed by atoms with Gasteiger partial charge in [0.05, 0.1) is 11.7 Å². The number of hydrazine groups is 1. The van der Waals surface area contributed by atoms with Crippen molar-refractivity contribution in [1.82, 2.24) is 20.4 Å². The largest absolute Gasteiger partial charge is 0.271 e. The minimum atomic E-state index is 0.138. The molecule has 0 spiro atoms. The maximum Gasteiger partial charge on any atom is 0.153 e. The summed E-state index contributed by atoms with van der Waals surface area (Å²) in [5.41, 5.74) is 3.96. The van der Waals surface area contributed by atoms with Crippen LogP contribution in [0.5, 0.6) is 0 Å². The third-order valence-corrected chi connectivity index (χ3v) is 4.07. The number of aromatic nitrogens is 3. The molecule has 3 atom stereocenters. The molecule has 16 heavy (non-hydrogen) atoms. The highest BCUT2D eigenvalue weighted by atomic mass is 79.9. The van der Waals surface area contributed by atoms with E-state index < -0.39 is 0 Å². The van der Waals surface area contributed by atoms with Gasteiger partial charge in [-0.3, -0.25) is 11.3 Å². The van der Waals surface area contributed by atoms with E-state index in [1.807, 2.05) is 7.05 Å². The molecule has 6 heteroatoms. The lowest BCUT2D eigenvalue weighted by Crippen LogP contribution is -2.34. The van der Waals surface area contributed by atoms with Crippen molar-refractivity contribution < 1.29 is 0 Å². The fourth-order valence-electron chi connectivity index (χ4n) is 2.66. The Hall–Kier alpha value is -0.460. The van der Waals surface area contributed by atoms with Crippen LogP contribution >= 0.6 is 15.9 Å². The summed E-state index contributed by atoms with van der Waals surface area (Å²) in [7, 11) is 1.90. The van der Waals surface area contributed by atoms with Gasteiger partial charge in [-0.05, 0) is 40.6 Å². The van der Waals surface area contributed by atoms with Crippen LogP contribution in [-0.2, 0) is 7.05 Å². The van der Waals surface area contributed by atoms with Gasteiger partial charge < -0.3 is 0 Å². The second-order valence-electron chi connectivity index (χ2n) is 4.71. The molecule has 0 saturated heterocycles. The van der Waals surface area contributed by atoms with Gasteiger partial charge in [0, 0.05) is 7.05 Å². The highest BCUT2D eigenvalue weighted by Crippen LogP contribution is 2.39. The van der Waals surface area contributed by atoms with Crippen LogP contribution in [0.2, 0.25) is 0 Å². The van der Waals surface area contributed by atoms with Gasteiger partial charge in [0.15, 0.2) is 4.60 Å².